The van der Waals surface area contributed by atoms with Crippen molar-refractivity contribution in [3.63, 3.8) is 0 Å². The Labute approximate surface area is 123 Å². The normalized spacial score (nSPS) is 19.8. The Balaban J connectivity index is 1.99. The second kappa shape index (κ2) is 6.41. The SMILES string of the molecule is O=S(=O)(NCC[C@@H]1CCNC1)c1cc(Cl)ccc1Cl. The van der Waals surface area contributed by atoms with E-state index in [4.69, 9.17) is 23.2 Å². The van der Waals surface area contributed by atoms with E-state index in [1.54, 1.807) is 6.07 Å². The smallest absolute Gasteiger partial charge is 0.242 e. The lowest BCUT2D eigenvalue weighted by atomic mass is 10.1. The predicted octanol–water partition coefficient (Wildman–Crippen LogP) is 2.27. The maximum atomic E-state index is 12.1. The van der Waals surface area contributed by atoms with Crippen molar-refractivity contribution in [1.29, 1.82) is 0 Å². The molecule has 7 heteroatoms. The molecule has 2 rings (SSSR count). The van der Waals surface area contributed by atoms with Gasteiger partial charge in [0, 0.05) is 11.6 Å². The van der Waals surface area contributed by atoms with Gasteiger partial charge in [-0.1, -0.05) is 23.2 Å². The van der Waals surface area contributed by atoms with Crippen molar-refractivity contribution in [2.24, 2.45) is 5.92 Å². The average molecular weight is 323 g/mol. The highest BCUT2D eigenvalue weighted by Crippen LogP contribution is 2.24. The molecule has 19 heavy (non-hydrogen) atoms. The minimum atomic E-state index is -3.59. The third kappa shape index (κ3) is 4.07. The first-order chi connectivity index (χ1) is 8.99. The molecule has 0 unspecified atom stereocenters. The van der Waals surface area contributed by atoms with Crippen LogP contribution in [-0.2, 0) is 10.0 Å². The zero-order valence-electron chi connectivity index (χ0n) is 10.3. The van der Waals surface area contributed by atoms with E-state index in [0.717, 1.165) is 25.9 Å². The summed E-state index contributed by atoms with van der Waals surface area (Å²) in [5.41, 5.74) is 0. The molecule has 1 aromatic carbocycles. The molecule has 0 aromatic heterocycles. The monoisotopic (exact) mass is 322 g/mol. The molecule has 0 radical (unpaired) electrons. The number of rotatable bonds is 5. The molecule has 1 heterocycles. The second-order valence-electron chi connectivity index (χ2n) is 4.62. The van der Waals surface area contributed by atoms with Gasteiger partial charge in [-0.3, -0.25) is 0 Å². The Bertz CT molecular complexity index is 543. The molecule has 1 fully saturated rings. The molecule has 4 nitrogen and oxygen atoms in total. The Hall–Kier alpha value is -0.330. The summed E-state index contributed by atoms with van der Waals surface area (Å²) in [6.45, 7) is 2.38. The quantitative estimate of drug-likeness (QED) is 0.874. The van der Waals surface area contributed by atoms with Gasteiger partial charge in [0.25, 0.3) is 0 Å². The van der Waals surface area contributed by atoms with Gasteiger partial charge in [-0.2, -0.15) is 0 Å². The molecule has 1 aliphatic rings. The van der Waals surface area contributed by atoms with Gasteiger partial charge < -0.3 is 5.32 Å². The molecule has 1 atom stereocenters. The van der Waals surface area contributed by atoms with Crippen LogP contribution in [0.3, 0.4) is 0 Å². The Morgan fingerprint density at radius 2 is 2.16 bits per heavy atom. The third-order valence-corrected chi connectivity index (χ3v) is 5.37. The van der Waals surface area contributed by atoms with E-state index in [2.05, 4.69) is 10.0 Å². The molecule has 0 amide bonds. The lowest BCUT2D eigenvalue weighted by Gasteiger charge is -2.11. The topological polar surface area (TPSA) is 58.2 Å². The van der Waals surface area contributed by atoms with Crippen molar-refractivity contribution in [2.45, 2.75) is 17.7 Å². The highest BCUT2D eigenvalue weighted by Gasteiger charge is 2.19. The average Bonchev–Trinajstić information content (AvgIpc) is 2.85. The van der Waals surface area contributed by atoms with Crippen molar-refractivity contribution < 1.29 is 8.42 Å². The van der Waals surface area contributed by atoms with Crippen LogP contribution in [0.5, 0.6) is 0 Å². The minimum Gasteiger partial charge on any atom is -0.316 e. The second-order valence-corrected chi connectivity index (χ2v) is 7.20. The van der Waals surface area contributed by atoms with Crippen LogP contribution in [0.1, 0.15) is 12.8 Å². The van der Waals surface area contributed by atoms with Gasteiger partial charge in [0.1, 0.15) is 4.90 Å². The summed E-state index contributed by atoms with van der Waals surface area (Å²) in [5.74, 6) is 0.539. The highest BCUT2D eigenvalue weighted by atomic mass is 35.5. The van der Waals surface area contributed by atoms with Crippen LogP contribution in [0.15, 0.2) is 23.1 Å². The number of hydrogen-bond acceptors (Lipinski definition) is 3. The molecule has 0 spiro atoms. The summed E-state index contributed by atoms with van der Waals surface area (Å²) in [6, 6.07) is 4.41. The van der Waals surface area contributed by atoms with Crippen LogP contribution in [0.4, 0.5) is 0 Å². The first kappa shape index (κ1) is 15.1. The van der Waals surface area contributed by atoms with Crippen LogP contribution in [0, 0.1) is 5.92 Å². The fourth-order valence-corrected chi connectivity index (χ4v) is 3.93. The Morgan fingerprint density at radius 3 is 2.84 bits per heavy atom. The number of halogens is 2. The van der Waals surface area contributed by atoms with E-state index < -0.39 is 10.0 Å². The zero-order chi connectivity index (χ0) is 13.9. The fraction of sp³-hybridized carbons (Fsp3) is 0.500. The van der Waals surface area contributed by atoms with Crippen LogP contribution < -0.4 is 10.0 Å². The number of sulfonamides is 1. The molecule has 1 saturated heterocycles. The van der Waals surface area contributed by atoms with Gasteiger partial charge in [0.15, 0.2) is 0 Å². The molecule has 0 bridgehead atoms. The first-order valence-corrected chi connectivity index (χ1v) is 8.38. The number of hydrogen-bond donors (Lipinski definition) is 2. The van der Waals surface area contributed by atoms with Gasteiger partial charge in [-0.05, 0) is 50.0 Å². The number of nitrogens with one attached hydrogen (secondary N) is 2. The largest absolute Gasteiger partial charge is 0.316 e. The molecule has 0 aliphatic carbocycles. The Kier molecular flexibility index (Phi) is 5.09. The molecular weight excluding hydrogens is 307 g/mol. The maximum Gasteiger partial charge on any atom is 0.242 e. The van der Waals surface area contributed by atoms with Crippen molar-refractivity contribution in [3.05, 3.63) is 28.2 Å². The van der Waals surface area contributed by atoms with E-state index in [0.29, 0.717) is 17.5 Å². The van der Waals surface area contributed by atoms with Gasteiger partial charge in [0.2, 0.25) is 10.0 Å². The van der Waals surface area contributed by atoms with Gasteiger partial charge in [-0.25, -0.2) is 13.1 Å². The van der Waals surface area contributed by atoms with E-state index in [1.807, 2.05) is 0 Å². The van der Waals surface area contributed by atoms with Gasteiger partial charge in [0.05, 0.1) is 5.02 Å². The van der Waals surface area contributed by atoms with Crippen LogP contribution >= 0.6 is 23.2 Å². The van der Waals surface area contributed by atoms with Crippen molar-refractivity contribution in [1.82, 2.24) is 10.0 Å². The lowest BCUT2D eigenvalue weighted by molar-refractivity contribution is 0.519. The molecule has 0 saturated carbocycles. The standard InChI is InChI=1S/C12H16Cl2N2O2S/c13-10-1-2-11(14)12(7-10)19(17,18)16-6-4-9-3-5-15-8-9/h1-2,7,9,15-16H,3-6,8H2/t9-/m0/s1. The lowest BCUT2D eigenvalue weighted by Crippen LogP contribution is -2.27. The summed E-state index contributed by atoms with van der Waals surface area (Å²) in [4.78, 5) is 0.0335. The predicted molar refractivity (Wildman–Crippen MR) is 77.2 cm³/mol. The summed E-state index contributed by atoms with van der Waals surface area (Å²) in [5, 5.41) is 3.78. The van der Waals surface area contributed by atoms with Gasteiger partial charge in [-0.15, -0.1) is 0 Å². The Morgan fingerprint density at radius 1 is 1.37 bits per heavy atom. The van der Waals surface area contributed by atoms with E-state index in [9.17, 15) is 8.42 Å². The minimum absolute atomic E-state index is 0.0335. The maximum absolute atomic E-state index is 12.1. The summed E-state index contributed by atoms with van der Waals surface area (Å²) in [6.07, 6.45) is 1.92. The van der Waals surface area contributed by atoms with E-state index in [-0.39, 0.29) is 9.92 Å². The molecule has 2 N–H and O–H groups in total. The molecular formula is C12H16Cl2N2O2S. The van der Waals surface area contributed by atoms with E-state index >= 15 is 0 Å². The molecule has 1 aromatic rings. The fourth-order valence-electron chi connectivity index (χ4n) is 2.12. The van der Waals surface area contributed by atoms with Crippen molar-refractivity contribution in [3.8, 4) is 0 Å². The summed E-state index contributed by atoms with van der Waals surface area (Å²) in [7, 11) is -3.59. The van der Waals surface area contributed by atoms with E-state index in [1.165, 1.54) is 12.1 Å². The van der Waals surface area contributed by atoms with Crippen molar-refractivity contribution in [2.75, 3.05) is 19.6 Å². The van der Waals surface area contributed by atoms with Gasteiger partial charge >= 0.3 is 0 Å². The highest BCUT2D eigenvalue weighted by molar-refractivity contribution is 7.89. The summed E-state index contributed by atoms with van der Waals surface area (Å²) < 4.78 is 26.8. The van der Waals surface area contributed by atoms with Crippen LogP contribution in [0.2, 0.25) is 10.0 Å². The summed E-state index contributed by atoms with van der Waals surface area (Å²) >= 11 is 11.7. The third-order valence-electron chi connectivity index (χ3n) is 3.19. The van der Waals surface area contributed by atoms with Crippen molar-refractivity contribution >= 4 is 33.2 Å². The molecule has 1 aliphatic heterocycles. The van der Waals surface area contributed by atoms with Crippen LogP contribution in [0.25, 0.3) is 0 Å². The zero-order valence-corrected chi connectivity index (χ0v) is 12.7. The first-order valence-electron chi connectivity index (χ1n) is 6.14. The van der Waals surface area contributed by atoms with Crippen LogP contribution in [-0.4, -0.2) is 28.1 Å². The molecule has 106 valence electrons. The number of benzene rings is 1.